The third kappa shape index (κ3) is 3.35. The zero-order valence-corrected chi connectivity index (χ0v) is 27.2. The van der Waals surface area contributed by atoms with E-state index in [1.165, 1.54) is 41.3 Å². The fourth-order valence-electron chi connectivity index (χ4n) is 7.00. The van der Waals surface area contributed by atoms with Crippen molar-refractivity contribution in [1.29, 1.82) is 0 Å². The van der Waals surface area contributed by atoms with Gasteiger partial charge in [-0.15, -0.1) is 0 Å². The van der Waals surface area contributed by atoms with Crippen molar-refractivity contribution >= 4 is 86.2 Å². The van der Waals surface area contributed by atoms with E-state index in [4.69, 9.17) is 20.6 Å². The molecule has 46 heavy (non-hydrogen) atoms. The first kappa shape index (κ1) is 16.6. The maximum atomic E-state index is 16.9. The fourth-order valence-corrected chi connectivity index (χ4v) is 16.2. The summed E-state index contributed by atoms with van der Waals surface area (Å²) in [5.74, 6) is 0. The highest BCUT2D eigenvalue weighted by Crippen LogP contribution is 2.65. The van der Waals surface area contributed by atoms with Gasteiger partial charge in [0.1, 0.15) is 0 Å². The van der Waals surface area contributed by atoms with Gasteiger partial charge in [-0.1, -0.05) is 90.6 Å². The standard InChI is InChI=1S/C39H30NO3P3/c1-25-19-31-37-32(20-25)45(42,29-15-9-5-10-16-29)34-22-27(3)24-36-39(34)40(37)38-33(44(31,41)28-13-7-4-8-14-28)21-26(2)23-35(38)46(36,43)30-17-11-6-12-18-30/h4-24H,1-3H3/i4D,5D,6D,7D,8D,9D,10D,11D,12D,13D,14D,15D,16D,17D,18D. The van der Waals surface area contributed by atoms with Crippen molar-refractivity contribution < 1.29 is 34.3 Å². The van der Waals surface area contributed by atoms with Gasteiger partial charge in [0, 0.05) is 47.7 Å². The van der Waals surface area contributed by atoms with E-state index in [9.17, 15) is 0 Å². The molecule has 0 amide bonds. The summed E-state index contributed by atoms with van der Waals surface area (Å²) < 4.78 is 182. The molecule has 3 aliphatic rings. The molecule has 6 aromatic rings. The summed E-state index contributed by atoms with van der Waals surface area (Å²) in [6.45, 7) is 4.73. The molecule has 7 heteroatoms. The molecule has 0 atom stereocenters. The number of hydrogen-bond donors (Lipinski definition) is 0. The summed E-state index contributed by atoms with van der Waals surface area (Å²) >= 11 is 0. The van der Waals surface area contributed by atoms with Crippen LogP contribution < -0.4 is 52.6 Å². The van der Waals surface area contributed by atoms with E-state index in [0.717, 1.165) is 0 Å². The molecule has 0 bridgehead atoms. The maximum Gasteiger partial charge on any atom is 0.175 e. The van der Waals surface area contributed by atoms with Gasteiger partial charge in [0.15, 0.2) is 21.4 Å². The van der Waals surface area contributed by atoms with Gasteiger partial charge in [-0.25, -0.2) is 0 Å². The highest BCUT2D eigenvalue weighted by atomic mass is 31.2. The van der Waals surface area contributed by atoms with Gasteiger partial charge in [0.2, 0.25) is 0 Å². The molecule has 0 N–H and O–H groups in total. The molecule has 3 aliphatic heterocycles. The van der Waals surface area contributed by atoms with Gasteiger partial charge in [-0.05, 0) is 73.9 Å². The summed E-state index contributed by atoms with van der Waals surface area (Å²) in [6.07, 6.45) is 0. The molecule has 4 nitrogen and oxygen atoms in total. The number of hydrogen-bond acceptors (Lipinski definition) is 4. The van der Waals surface area contributed by atoms with Crippen LogP contribution in [-0.4, -0.2) is 0 Å². The Morgan fingerprint density at radius 2 is 0.630 bits per heavy atom. The Labute approximate surface area is 289 Å². The molecule has 0 aromatic heterocycles. The van der Waals surface area contributed by atoms with Crippen molar-refractivity contribution in [2.75, 3.05) is 4.90 Å². The SMILES string of the molecule is [2H]c1c([2H])c([2H])c(P2(=O)c3cc(C)cc4c3N3c5c2cc(C)cc5P(=O)(c2c([2H])c([2H])c([2H])c([2H])c2[2H])c2cc(C)cc(c23)P4(=O)c2c([2H])c([2H])c([2H])c([2H])c2[2H])c([2H])c1[2H]. The van der Waals surface area contributed by atoms with E-state index in [0.29, 0.717) is 16.7 Å². The predicted molar refractivity (Wildman–Crippen MR) is 194 cm³/mol. The molecule has 0 unspecified atom stereocenters. The van der Waals surface area contributed by atoms with E-state index in [1.54, 1.807) is 20.8 Å². The van der Waals surface area contributed by atoms with Gasteiger partial charge < -0.3 is 18.6 Å². The van der Waals surface area contributed by atoms with Crippen LogP contribution >= 0.6 is 21.4 Å². The minimum absolute atomic E-state index is 0.126. The minimum Gasteiger partial charge on any atom is -0.308 e. The van der Waals surface area contributed by atoms with Gasteiger partial charge in [-0.3, -0.25) is 0 Å². The molecule has 0 fully saturated rings. The molecule has 0 radical (unpaired) electrons. The Morgan fingerprint density at radius 1 is 0.413 bits per heavy atom. The lowest BCUT2D eigenvalue weighted by Gasteiger charge is -2.49. The zero-order valence-electron chi connectivity index (χ0n) is 39.5. The zero-order chi connectivity index (χ0) is 44.6. The lowest BCUT2D eigenvalue weighted by atomic mass is 10.1. The second kappa shape index (κ2) is 9.43. The van der Waals surface area contributed by atoms with Gasteiger partial charge in [0.05, 0.1) is 37.6 Å². The van der Waals surface area contributed by atoms with Crippen molar-refractivity contribution in [2.24, 2.45) is 0 Å². The molecule has 0 spiro atoms. The van der Waals surface area contributed by atoms with Crippen molar-refractivity contribution in [3.63, 3.8) is 0 Å². The van der Waals surface area contributed by atoms with Crippen LogP contribution in [0.15, 0.2) is 127 Å². The number of benzene rings is 6. The molecular formula is C39H30NO3P3. The van der Waals surface area contributed by atoms with Crippen LogP contribution in [0.3, 0.4) is 0 Å². The highest BCUT2D eigenvalue weighted by Gasteiger charge is 2.56. The van der Waals surface area contributed by atoms with E-state index in [2.05, 4.69) is 0 Å². The first-order chi connectivity index (χ1) is 28.4. The Hall–Kier alpha value is -4.19. The van der Waals surface area contributed by atoms with Gasteiger partial charge >= 0.3 is 0 Å². The molecule has 3 heterocycles. The third-order valence-electron chi connectivity index (χ3n) is 8.75. The average molecular weight is 669 g/mol. The van der Waals surface area contributed by atoms with E-state index in [1.807, 2.05) is 0 Å². The van der Waals surface area contributed by atoms with Gasteiger partial charge in [0.25, 0.3) is 0 Å². The monoisotopic (exact) mass is 668 g/mol. The summed E-state index contributed by atoms with van der Waals surface area (Å²) in [5.41, 5.74) is 0.547. The van der Waals surface area contributed by atoms with E-state index in [-0.39, 0.29) is 48.9 Å². The molecular weight excluding hydrogens is 623 g/mol. The van der Waals surface area contributed by atoms with Crippen LogP contribution in [0, 0.1) is 20.8 Å². The first-order valence-electron chi connectivity index (χ1n) is 21.7. The molecule has 9 rings (SSSR count). The first-order valence-corrected chi connectivity index (χ1v) is 19.3. The number of aryl methyl sites for hydroxylation is 3. The molecule has 0 saturated heterocycles. The second-order valence-electron chi connectivity index (χ2n) is 11.5. The maximum absolute atomic E-state index is 16.9. The Bertz CT molecular complexity index is 2800. The van der Waals surface area contributed by atoms with Crippen molar-refractivity contribution in [1.82, 2.24) is 0 Å². The van der Waals surface area contributed by atoms with Crippen molar-refractivity contribution in [2.45, 2.75) is 20.8 Å². The van der Waals surface area contributed by atoms with Crippen LogP contribution in [0.5, 0.6) is 0 Å². The Balaban J connectivity index is 1.63. The highest BCUT2D eigenvalue weighted by molar-refractivity contribution is 7.89. The minimum atomic E-state index is -4.89. The van der Waals surface area contributed by atoms with Crippen LogP contribution in [0.25, 0.3) is 0 Å². The van der Waals surface area contributed by atoms with Crippen LogP contribution in [0.4, 0.5) is 17.1 Å². The third-order valence-corrected chi connectivity index (χ3v) is 17.4. The number of anilines is 3. The quantitative estimate of drug-likeness (QED) is 0.219. The molecule has 224 valence electrons. The Kier molecular flexibility index (Phi) is 3.40. The Morgan fingerprint density at radius 3 is 0.848 bits per heavy atom. The summed E-state index contributed by atoms with van der Waals surface area (Å²) in [7, 11) is -14.7. The van der Waals surface area contributed by atoms with Crippen molar-refractivity contribution in [3.05, 3.63) is 144 Å². The predicted octanol–water partition coefficient (Wildman–Crippen LogP) is 5.94. The van der Waals surface area contributed by atoms with Crippen LogP contribution in [0.1, 0.15) is 37.3 Å². The lowest BCUT2D eigenvalue weighted by molar-refractivity contribution is 0.592. The van der Waals surface area contributed by atoms with Gasteiger partial charge in [-0.2, -0.15) is 0 Å². The summed E-state index contributed by atoms with van der Waals surface area (Å²) in [4.78, 5) is 1.53. The smallest absolute Gasteiger partial charge is 0.175 e. The average Bonchev–Trinajstić information content (AvgIpc) is 3.21. The summed E-state index contributed by atoms with van der Waals surface area (Å²) in [5, 5.41) is -2.84. The summed E-state index contributed by atoms with van der Waals surface area (Å²) in [6, 6.07) is -3.35. The van der Waals surface area contributed by atoms with E-state index >= 15 is 13.7 Å². The molecule has 0 saturated carbocycles. The fraction of sp³-hybridized carbons (Fsp3) is 0.0769. The lowest BCUT2D eigenvalue weighted by Crippen LogP contribution is -2.53. The molecule has 0 aliphatic carbocycles. The normalized spacial score (nSPS) is 27.7. The van der Waals surface area contributed by atoms with Crippen LogP contribution in [0.2, 0.25) is 0 Å². The molecule has 6 aromatic carbocycles. The topological polar surface area (TPSA) is 54.5 Å². The largest absolute Gasteiger partial charge is 0.308 e. The van der Waals surface area contributed by atoms with Crippen molar-refractivity contribution in [3.8, 4) is 0 Å². The second-order valence-corrected chi connectivity index (χ2v) is 19.4. The van der Waals surface area contributed by atoms with Crippen LogP contribution in [-0.2, 0) is 13.7 Å². The number of rotatable bonds is 3. The van der Waals surface area contributed by atoms with E-state index < -0.39 is 128 Å². The number of nitrogens with zero attached hydrogens (tertiary/aromatic N) is 1.